The summed E-state index contributed by atoms with van der Waals surface area (Å²) in [5, 5.41) is 24.4. The van der Waals surface area contributed by atoms with Gasteiger partial charge in [-0.05, 0) is 51.7 Å². The molecule has 154 valence electrons. The lowest BCUT2D eigenvalue weighted by molar-refractivity contribution is 0.0188. The molecule has 2 rings (SSSR count). The Kier molecular flexibility index (Phi) is 7.38. The molecule has 0 aliphatic carbocycles. The van der Waals surface area contributed by atoms with E-state index in [-0.39, 0.29) is 11.8 Å². The van der Waals surface area contributed by atoms with Crippen LogP contribution in [0.3, 0.4) is 0 Å². The molecule has 9 heteroatoms. The van der Waals surface area contributed by atoms with Gasteiger partial charge in [0, 0.05) is 25.7 Å². The minimum Gasteiger partial charge on any atom is -0.444 e. The van der Waals surface area contributed by atoms with Gasteiger partial charge in [-0.3, -0.25) is 5.43 Å². The number of hydrogen-bond acceptors (Lipinski definition) is 7. The molecule has 0 spiro atoms. The molecule has 1 aromatic carbocycles. The van der Waals surface area contributed by atoms with Crippen molar-refractivity contribution in [1.82, 2.24) is 4.90 Å². The van der Waals surface area contributed by atoms with Crippen molar-refractivity contribution < 1.29 is 13.9 Å². The third-order valence-electron chi connectivity index (χ3n) is 4.33. The van der Waals surface area contributed by atoms with Gasteiger partial charge < -0.3 is 15.0 Å². The first-order valence-electron chi connectivity index (χ1n) is 9.37. The van der Waals surface area contributed by atoms with Crippen LogP contribution in [0.2, 0.25) is 0 Å². The Bertz CT molecular complexity index is 826. The molecular weight excluding hydrogens is 375 g/mol. The second-order valence-corrected chi connectivity index (χ2v) is 7.78. The maximum absolute atomic E-state index is 13.6. The minimum absolute atomic E-state index is 0.294. The average Bonchev–Trinajstić information content (AvgIpc) is 2.67. The molecule has 29 heavy (non-hydrogen) atoms. The van der Waals surface area contributed by atoms with E-state index < -0.39 is 11.4 Å². The van der Waals surface area contributed by atoms with Crippen molar-refractivity contribution in [2.75, 3.05) is 30.4 Å². The summed E-state index contributed by atoms with van der Waals surface area (Å²) in [5.41, 5.74) is 2.64. The molecule has 1 aliphatic heterocycles. The van der Waals surface area contributed by atoms with Crippen LogP contribution in [-0.4, -0.2) is 41.9 Å². The fourth-order valence-electron chi connectivity index (χ4n) is 2.85. The van der Waals surface area contributed by atoms with Gasteiger partial charge in [0.25, 0.3) is 0 Å². The first-order chi connectivity index (χ1) is 13.7. The zero-order valence-electron chi connectivity index (χ0n) is 16.8. The highest BCUT2D eigenvalue weighted by Crippen LogP contribution is 2.25. The van der Waals surface area contributed by atoms with Crippen LogP contribution in [0.5, 0.6) is 0 Å². The van der Waals surface area contributed by atoms with Crippen molar-refractivity contribution >= 4 is 23.2 Å². The molecule has 1 fully saturated rings. The van der Waals surface area contributed by atoms with Crippen molar-refractivity contribution in [3.8, 4) is 12.1 Å². The lowest BCUT2D eigenvalue weighted by Gasteiger charge is -2.33. The van der Waals surface area contributed by atoms with Gasteiger partial charge in [0.1, 0.15) is 23.6 Å². The van der Waals surface area contributed by atoms with Crippen LogP contribution in [0.1, 0.15) is 33.6 Å². The third-order valence-corrected chi connectivity index (χ3v) is 4.33. The minimum atomic E-state index is -0.513. The van der Waals surface area contributed by atoms with Crippen molar-refractivity contribution in [3.05, 3.63) is 24.0 Å². The fourth-order valence-corrected chi connectivity index (χ4v) is 2.85. The molecular formula is C20H25FN6O2. The Hall–Kier alpha value is -3.33. The van der Waals surface area contributed by atoms with E-state index in [9.17, 15) is 9.18 Å². The Labute approximate surface area is 169 Å². The first kappa shape index (κ1) is 22.0. The zero-order valence-corrected chi connectivity index (χ0v) is 16.8. The number of halogens is 1. The van der Waals surface area contributed by atoms with Crippen molar-refractivity contribution in [1.29, 1.82) is 10.5 Å². The Morgan fingerprint density at radius 2 is 1.93 bits per heavy atom. The van der Waals surface area contributed by atoms with Gasteiger partial charge in [-0.2, -0.15) is 15.6 Å². The number of benzene rings is 1. The van der Waals surface area contributed by atoms with Crippen molar-refractivity contribution in [2.45, 2.75) is 39.2 Å². The monoisotopic (exact) mass is 400 g/mol. The summed E-state index contributed by atoms with van der Waals surface area (Å²) in [7, 11) is 0. The topological polar surface area (TPSA) is 114 Å². The summed E-state index contributed by atoms with van der Waals surface area (Å²) >= 11 is 0. The second kappa shape index (κ2) is 9.74. The number of likely N-dealkylation sites (tertiary alicyclic amines) is 1. The standard InChI is InChI=1S/C20H25FN6O2/c1-20(2,3)29-19(28)27-8-6-14(7-9-27)13-24-17-5-4-15(21)10-18(17)26-25-16(11-22)12-23/h4-5,10,14,24,26H,6-9,13H2,1-3H3. The quantitative estimate of drug-likeness (QED) is 0.575. The van der Waals surface area contributed by atoms with Gasteiger partial charge >= 0.3 is 6.09 Å². The Morgan fingerprint density at radius 1 is 1.28 bits per heavy atom. The number of ether oxygens (including phenoxy) is 1. The van der Waals surface area contributed by atoms with E-state index in [1.165, 1.54) is 12.1 Å². The largest absolute Gasteiger partial charge is 0.444 e. The number of rotatable bonds is 5. The number of hydrazone groups is 1. The SMILES string of the molecule is CC(C)(C)OC(=O)N1CCC(CNc2ccc(F)cc2NN=C(C#N)C#N)CC1. The number of piperidine rings is 1. The number of nitriles is 2. The van der Waals surface area contributed by atoms with E-state index in [0.29, 0.717) is 36.9 Å². The predicted molar refractivity (Wildman–Crippen MR) is 108 cm³/mol. The summed E-state index contributed by atoms with van der Waals surface area (Å²) < 4.78 is 19.0. The van der Waals surface area contributed by atoms with Crippen molar-refractivity contribution in [3.63, 3.8) is 0 Å². The highest BCUT2D eigenvalue weighted by atomic mass is 19.1. The number of anilines is 2. The fraction of sp³-hybridized carbons (Fsp3) is 0.500. The molecule has 2 N–H and O–H groups in total. The molecule has 1 saturated heterocycles. The zero-order chi connectivity index (χ0) is 21.4. The lowest BCUT2D eigenvalue weighted by Crippen LogP contribution is -2.42. The number of nitrogens with one attached hydrogen (secondary N) is 2. The lowest BCUT2D eigenvalue weighted by atomic mass is 9.97. The van der Waals surface area contributed by atoms with E-state index >= 15 is 0 Å². The molecule has 0 aromatic heterocycles. The van der Waals surface area contributed by atoms with E-state index in [4.69, 9.17) is 15.3 Å². The van der Waals surface area contributed by atoms with Crippen molar-refractivity contribution in [2.24, 2.45) is 11.0 Å². The van der Waals surface area contributed by atoms with Crippen LogP contribution in [0.25, 0.3) is 0 Å². The molecule has 1 aromatic rings. The highest BCUT2D eigenvalue weighted by Gasteiger charge is 2.26. The highest BCUT2D eigenvalue weighted by molar-refractivity contribution is 6.10. The number of carbonyl (C=O) groups excluding carboxylic acids is 1. The molecule has 1 heterocycles. The van der Waals surface area contributed by atoms with Crippen LogP contribution < -0.4 is 10.7 Å². The molecule has 8 nitrogen and oxygen atoms in total. The van der Waals surface area contributed by atoms with Gasteiger partial charge in [-0.1, -0.05) is 0 Å². The smallest absolute Gasteiger partial charge is 0.410 e. The van der Waals surface area contributed by atoms with Crippen LogP contribution in [-0.2, 0) is 4.74 Å². The molecule has 1 aliphatic rings. The van der Waals surface area contributed by atoms with E-state index in [0.717, 1.165) is 12.8 Å². The Morgan fingerprint density at radius 3 is 2.52 bits per heavy atom. The third kappa shape index (κ3) is 6.96. The normalized spacial score (nSPS) is 14.3. The summed E-state index contributed by atoms with van der Waals surface area (Å²) in [6, 6.07) is 7.40. The molecule has 0 atom stereocenters. The summed E-state index contributed by atoms with van der Waals surface area (Å²) in [6.07, 6.45) is 1.35. The van der Waals surface area contributed by atoms with Gasteiger partial charge in [0.2, 0.25) is 5.71 Å². The molecule has 0 bridgehead atoms. The molecule has 0 saturated carbocycles. The van der Waals surface area contributed by atoms with Gasteiger partial charge in [-0.15, -0.1) is 0 Å². The maximum Gasteiger partial charge on any atom is 0.410 e. The van der Waals surface area contributed by atoms with Crippen LogP contribution >= 0.6 is 0 Å². The first-order valence-corrected chi connectivity index (χ1v) is 9.37. The summed E-state index contributed by atoms with van der Waals surface area (Å²) in [6.45, 7) is 7.40. The average molecular weight is 400 g/mol. The number of amides is 1. The second-order valence-electron chi connectivity index (χ2n) is 7.78. The number of nitrogens with zero attached hydrogens (tertiary/aromatic N) is 4. The summed E-state index contributed by atoms with van der Waals surface area (Å²) in [5.74, 6) is -0.127. The van der Waals surface area contributed by atoms with Gasteiger partial charge in [0.15, 0.2) is 0 Å². The predicted octanol–water partition coefficient (Wildman–Crippen LogP) is 3.70. The van der Waals surface area contributed by atoms with Crippen LogP contribution in [0.15, 0.2) is 23.3 Å². The Balaban J connectivity index is 1.91. The molecule has 0 radical (unpaired) electrons. The number of carbonyl (C=O) groups is 1. The van der Waals surface area contributed by atoms with E-state index in [1.807, 2.05) is 20.8 Å². The van der Waals surface area contributed by atoms with E-state index in [2.05, 4.69) is 15.8 Å². The van der Waals surface area contributed by atoms with Gasteiger partial charge in [-0.25, -0.2) is 9.18 Å². The molecule has 0 unspecified atom stereocenters. The van der Waals surface area contributed by atoms with E-state index in [1.54, 1.807) is 23.1 Å². The van der Waals surface area contributed by atoms with Crippen LogP contribution in [0, 0.1) is 34.4 Å². The summed E-state index contributed by atoms with van der Waals surface area (Å²) in [4.78, 5) is 13.9. The number of hydrogen-bond donors (Lipinski definition) is 2. The maximum atomic E-state index is 13.6. The van der Waals surface area contributed by atoms with Gasteiger partial charge in [0.05, 0.1) is 11.4 Å². The molecule has 1 amide bonds. The van der Waals surface area contributed by atoms with Crippen LogP contribution in [0.4, 0.5) is 20.6 Å².